The molecule has 1 atom stereocenters. The minimum atomic E-state index is -0.586. The Morgan fingerprint density at radius 3 is 2.46 bits per heavy atom. The van der Waals surface area contributed by atoms with Crippen molar-refractivity contribution in [1.82, 2.24) is 25.1 Å². The molecule has 0 spiro atoms. The predicted octanol–water partition coefficient (Wildman–Crippen LogP) is 4.05. The normalized spacial score (nSPS) is 12.8. The molecule has 1 aromatic carbocycles. The number of fused-ring (bicyclic) bond motifs is 1. The Hall–Kier alpha value is -2.67. The largest absolute Gasteiger partial charge is 0.444 e. The fourth-order valence-corrected chi connectivity index (χ4v) is 2.57. The maximum Gasteiger partial charge on any atom is 0.408 e. The SMILES string of the molecule is CC(NC(=O)OC(C)(C)C)c1nc2ccccc2nc1-n1cc(Cl)cn1. The fraction of sp³-hybridized carbons (Fsp3) is 0.333. The molecule has 0 bridgehead atoms. The van der Waals surface area contributed by atoms with Crippen LogP contribution in [0.1, 0.15) is 39.4 Å². The number of aromatic nitrogens is 4. The standard InChI is InChI=1S/C18H20ClN5O2/c1-11(21-17(25)26-18(2,3)4)15-16(24-10-12(19)9-20-24)23-14-8-6-5-7-13(14)22-15/h5-11H,1-4H3,(H,21,25). The molecule has 7 nitrogen and oxygen atoms in total. The Bertz CT molecular complexity index is 948. The summed E-state index contributed by atoms with van der Waals surface area (Å²) in [6.07, 6.45) is 2.64. The number of amides is 1. The van der Waals surface area contributed by atoms with Gasteiger partial charge in [-0.2, -0.15) is 5.10 Å². The van der Waals surface area contributed by atoms with Crippen molar-refractivity contribution in [2.75, 3.05) is 0 Å². The lowest BCUT2D eigenvalue weighted by Gasteiger charge is -2.22. The van der Waals surface area contributed by atoms with Crippen molar-refractivity contribution in [2.45, 2.75) is 39.3 Å². The molecule has 0 saturated heterocycles. The molecule has 0 fully saturated rings. The number of benzene rings is 1. The van der Waals surface area contributed by atoms with Crippen LogP contribution in [0.4, 0.5) is 4.79 Å². The third-order valence-corrected chi connectivity index (χ3v) is 3.68. The number of nitrogens with one attached hydrogen (secondary N) is 1. The second-order valence-electron chi connectivity index (χ2n) is 6.89. The number of nitrogens with zero attached hydrogens (tertiary/aromatic N) is 4. The zero-order valence-electron chi connectivity index (χ0n) is 15.0. The summed E-state index contributed by atoms with van der Waals surface area (Å²) < 4.78 is 6.87. The molecule has 1 unspecified atom stereocenters. The molecule has 3 aromatic rings. The summed E-state index contributed by atoms with van der Waals surface area (Å²) in [5.41, 5.74) is 1.43. The first-order valence-electron chi connectivity index (χ1n) is 8.20. The summed E-state index contributed by atoms with van der Waals surface area (Å²) >= 11 is 6.00. The van der Waals surface area contributed by atoms with E-state index >= 15 is 0 Å². The van der Waals surface area contributed by atoms with Crippen LogP contribution in [-0.2, 0) is 4.74 Å². The van der Waals surface area contributed by atoms with Gasteiger partial charge in [0.1, 0.15) is 11.3 Å². The monoisotopic (exact) mass is 373 g/mol. The molecule has 2 aromatic heterocycles. The first-order valence-corrected chi connectivity index (χ1v) is 8.57. The van der Waals surface area contributed by atoms with Crippen molar-refractivity contribution in [3.63, 3.8) is 0 Å². The highest BCUT2D eigenvalue weighted by atomic mass is 35.5. The summed E-state index contributed by atoms with van der Waals surface area (Å²) in [5.74, 6) is 0.499. The highest BCUT2D eigenvalue weighted by Gasteiger charge is 2.22. The second kappa shape index (κ2) is 6.92. The van der Waals surface area contributed by atoms with Gasteiger partial charge in [0.15, 0.2) is 5.82 Å². The molecule has 0 aliphatic heterocycles. The zero-order valence-corrected chi connectivity index (χ0v) is 15.8. The van der Waals surface area contributed by atoms with E-state index in [-0.39, 0.29) is 0 Å². The van der Waals surface area contributed by atoms with Crippen LogP contribution >= 0.6 is 11.6 Å². The van der Waals surface area contributed by atoms with Gasteiger partial charge in [0, 0.05) is 0 Å². The minimum Gasteiger partial charge on any atom is -0.444 e. The van der Waals surface area contributed by atoms with Gasteiger partial charge in [0.05, 0.1) is 34.5 Å². The molecule has 2 heterocycles. The predicted molar refractivity (Wildman–Crippen MR) is 99.5 cm³/mol. The topological polar surface area (TPSA) is 81.9 Å². The molecule has 0 saturated carbocycles. The average molecular weight is 374 g/mol. The average Bonchev–Trinajstić information content (AvgIpc) is 2.98. The van der Waals surface area contributed by atoms with Crippen molar-refractivity contribution in [1.29, 1.82) is 0 Å². The molecule has 0 aliphatic carbocycles. The van der Waals surface area contributed by atoms with E-state index in [2.05, 4.69) is 20.4 Å². The molecule has 1 amide bonds. The summed E-state index contributed by atoms with van der Waals surface area (Å²) in [5, 5.41) is 7.49. The molecular weight excluding hydrogens is 354 g/mol. The maximum atomic E-state index is 12.1. The lowest BCUT2D eigenvalue weighted by atomic mass is 10.2. The third-order valence-electron chi connectivity index (χ3n) is 3.49. The van der Waals surface area contributed by atoms with Gasteiger partial charge < -0.3 is 10.1 Å². The van der Waals surface area contributed by atoms with Crippen molar-refractivity contribution in [3.05, 3.63) is 47.4 Å². The second-order valence-corrected chi connectivity index (χ2v) is 7.33. The van der Waals surface area contributed by atoms with Crippen LogP contribution in [0.25, 0.3) is 16.9 Å². The van der Waals surface area contributed by atoms with E-state index in [1.54, 1.807) is 10.9 Å². The smallest absolute Gasteiger partial charge is 0.408 e. The Labute approximate surface area is 156 Å². The lowest BCUT2D eigenvalue weighted by molar-refractivity contribution is 0.0507. The number of rotatable bonds is 3. The highest BCUT2D eigenvalue weighted by molar-refractivity contribution is 6.30. The fourth-order valence-electron chi connectivity index (χ4n) is 2.43. The lowest BCUT2D eigenvalue weighted by Crippen LogP contribution is -2.34. The van der Waals surface area contributed by atoms with Gasteiger partial charge in [-0.1, -0.05) is 23.7 Å². The Morgan fingerprint density at radius 1 is 1.23 bits per heavy atom. The van der Waals surface area contributed by atoms with Crippen molar-refractivity contribution in [2.24, 2.45) is 0 Å². The van der Waals surface area contributed by atoms with Gasteiger partial charge in [0.2, 0.25) is 0 Å². The molecule has 1 N–H and O–H groups in total. The molecule has 26 heavy (non-hydrogen) atoms. The third kappa shape index (κ3) is 4.11. The van der Waals surface area contributed by atoms with Crippen LogP contribution in [0, 0.1) is 0 Å². The van der Waals surface area contributed by atoms with Crippen LogP contribution in [0.3, 0.4) is 0 Å². The number of alkyl carbamates (subject to hydrolysis) is 1. The number of ether oxygens (including phenoxy) is 1. The Kier molecular flexibility index (Phi) is 4.82. The quantitative estimate of drug-likeness (QED) is 0.748. The van der Waals surface area contributed by atoms with Crippen molar-refractivity contribution >= 4 is 28.7 Å². The van der Waals surface area contributed by atoms with E-state index < -0.39 is 17.7 Å². The van der Waals surface area contributed by atoms with Crippen molar-refractivity contribution in [3.8, 4) is 5.82 Å². The van der Waals surface area contributed by atoms with E-state index in [0.29, 0.717) is 16.5 Å². The molecule has 0 radical (unpaired) electrons. The highest BCUT2D eigenvalue weighted by Crippen LogP contribution is 2.23. The van der Waals surface area contributed by atoms with Crippen LogP contribution < -0.4 is 5.32 Å². The van der Waals surface area contributed by atoms with E-state index in [1.165, 1.54) is 6.20 Å². The Morgan fingerprint density at radius 2 is 1.88 bits per heavy atom. The number of halogens is 1. The molecule has 0 aliphatic rings. The Balaban J connectivity index is 2.01. The van der Waals surface area contributed by atoms with Crippen molar-refractivity contribution < 1.29 is 9.53 Å². The number of carbonyl (C=O) groups is 1. The summed E-state index contributed by atoms with van der Waals surface area (Å²) in [7, 11) is 0. The van der Waals surface area contributed by atoms with Gasteiger partial charge in [-0.15, -0.1) is 0 Å². The number of hydrogen-bond donors (Lipinski definition) is 1. The molecular formula is C18H20ClN5O2. The van der Waals surface area contributed by atoms with Gasteiger partial charge in [-0.05, 0) is 39.8 Å². The van der Waals surface area contributed by atoms with Crippen LogP contribution in [0.2, 0.25) is 5.02 Å². The maximum absolute atomic E-state index is 12.1. The van der Waals surface area contributed by atoms with Gasteiger partial charge in [-0.25, -0.2) is 19.4 Å². The van der Waals surface area contributed by atoms with E-state index in [9.17, 15) is 4.79 Å². The number of para-hydroxylation sites is 2. The number of hydrogen-bond acceptors (Lipinski definition) is 5. The van der Waals surface area contributed by atoms with Gasteiger partial charge in [0.25, 0.3) is 0 Å². The van der Waals surface area contributed by atoms with E-state index in [1.807, 2.05) is 52.0 Å². The van der Waals surface area contributed by atoms with Gasteiger partial charge in [-0.3, -0.25) is 0 Å². The number of carbonyl (C=O) groups excluding carboxylic acids is 1. The summed E-state index contributed by atoms with van der Waals surface area (Å²) in [6.45, 7) is 7.25. The minimum absolute atomic E-state index is 0.445. The van der Waals surface area contributed by atoms with Crippen LogP contribution in [0.5, 0.6) is 0 Å². The van der Waals surface area contributed by atoms with E-state index in [0.717, 1.165) is 11.0 Å². The van der Waals surface area contributed by atoms with Crippen LogP contribution in [0.15, 0.2) is 36.7 Å². The first kappa shape index (κ1) is 18.1. The summed E-state index contributed by atoms with van der Waals surface area (Å²) in [6, 6.07) is 7.06. The molecule has 136 valence electrons. The molecule has 8 heteroatoms. The van der Waals surface area contributed by atoms with Gasteiger partial charge >= 0.3 is 6.09 Å². The zero-order chi connectivity index (χ0) is 18.9. The van der Waals surface area contributed by atoms with Crippen LogP contribution in [-0.4, -0.2) is 31.4 Å². The molecule has 3 rings (SSSR count). The summed E-state index contributed by atoms with van der Waals surface area (Å²) in [4.78, 5) is 21.5. The first-order chi connectivity index (χ1) is 12.2. The van der Waals surface area contributed by atoms with E-state index in [4.69, 9.17) is 16.3 Å².